The number of pyridine rings is 1. The Morgan fingerprint density at radius 1 is 1.14 bits per heavy atom. The lowest BCUT2D eigenvalue weighted by molar-refractivity contribution is 0.104. The van der Waals surface area contributed by atoms with Crippen molar-refractivity contribution in [2.75, 3.05) is 0 Å². The lowest BCUT2D eigenvalue weighted by atomic mass is 10.0. The van der Waals surface area contributed by atoms with Gasteiger partial charge in [0.15, 0.2) is 5.78 Å². The second-order valence-electron chi connectivity index (χ2n) is 5.40. The molecule has 0 atom stereocenters. The van der Waals surface area contributed by atoms with E-state index in [0.29, 0.717) is 16.8 Å². The standard InChI is InChI=1S/C18H18N2O2/c1-3-7-15-12(2)20-16(21)11-10-14(18(20)19-15)17(22)13-8-5-4-6-9-13/h4-6,8-11,19H,3,7H2,1-2H3. The number of nitrogens with one attached hydrogen (secondary N) is 1. The van der Waals surface area contributed by atoms with Gasteiger partial charge in [0.2, 0.25) is 0 Å². The Bertz CT molecular complexity index is 889. The number of fused-ring (bicyclic) bond motifs is 1. The average Bonchev–Trinajstić information content (AvgIpc) is 2.86. The molecule has 0 aliphatic heterocycles. The SMILES string of the molecule is CCCc1[nH]c2c(C(=O)c3ccccc3)ccc(=O)n2c1C. The van der Waals surface area contributed by atoms with Crippen molar-refractivity contribution in [3.05, 3.63) is 75.3 Å². The molecule has 2 aromatic heterocycles. The minimum Gasteiger partial charge on any atom is -0.343 e. The fourth-order valence-electron chi connectivity index (χ4n) is 2.78. The quantitative estimate of drug-likeness (QED) is 0.752. The van der Waals surface area contributed by atoms with Gasteiger partial charge in [-0.1, -0.05) is 43.7 Å². The smallest absolute Gasteiger partial charge is 0.256 e. The highest BCUT2D eigenvalue weighted by Gasteiger charge is 2.17. The van der Waals surface area contributed by atoms with Crippen molar-refractivity contribution in [2.45, 2.75) is 26.7 Å². The van der Waals surface area contributed by atoms with Crippen LogP contribution in [0.25, 0.3) is 5.65 Å². The first-order valence-corrected chi connectivity index (χ1v) is 7.46. The van der Waals surface area contributed by atoms with Gasteiger partial charge in [0.1, 0.15) is 5.65 Å². The van der Waals surface area contributed by atoms with Crippen LogP contribution in [0.1, 0.15) is 40.7 Å². The van der Waals surface area contributed by atoms with E-state index in [9.17, 15) is 9.59 Å². The van der Waals surface area contributed by atoms with Crippen LogP contribution in [0.15, 0.2) is 47.3 Å². The van der Waals surface area contributed by atoms with E-state index in [1.807, 2.05) is 25.1 Å². The van der Waals surface area contributed by atoms with Gasteiger partial charge >= 0.3 is 0 Å². The monoisotopic (exact) mass is 294 g/mol. The predicted octanol–water partition coefficient (Wildman–Crippen LogP) is 3.12. The van der Waals surface area contributed by atoms with E-state index < -0.39 is 0 Å². The Labute approximate surface area is 128 Å². The van der Waals surface area contributed by atoms with Crippen LogP contribution >= 0.6 is 0 Å². The number of rotatable bonds is 4. The number of carbonyl (C=O) groups is 1. The van der Waals surface area contributed by atoms with E-state index in [1.54, 1.807) is 22.6 Å². The molecule has 0 fully saturated rings. The molecule has 112 valence electrons. The zero-order chi connectivity index (χ0) is 15.7. The molecule has 0 aliphatic carbocycles. The summed E-state index contributed by atoms with van der Waals surface area (Å²) in [6.45, 7) is 4.00. The van der Waals surface area contributed by atoms with Crippen LogP contribution in [0.4, 0.5) is 0 Å². The molecule has 3 rings (SSSR count). The maximum Gasteiger partial charge on any atom is 0.256 e. The molecule has 0 radical (unpaired) electrons. The number of H-pyrrole nitrogens is 1. The number of hydrogen-bond acceptors (Lipinski definition) is 2. The predicted molar refractivity (Wildman–Crippen MR) is 86.6 cm³/mol. The van der Waals surface area contributed by atoms with E-state index >= 15 is 0 Å². The highest BCUT2D eigenvalue weighted by Crippen LogP contribution is 2.18. The molecular formula is C18H18N2O2. The number of imidazole rings is 1. The number of carbonyl (C=O) groups excluding carboxylic acids is 1. The minimum atomic E-state index is -0.115. The Hall–Kier alpha value is -2.62. The number of aromatic amines is 1. The summed E-state index contributed by atoms with van der Waals surface area (Å²) >= 11 is 0. The molecular weight excluding hydrogens is 276 g/mol. The van der Waals surface area contributed by atoms with E-state index in [0.717, 1.165) is 24.2 Å². The first kappa shape index (κ1) is 14.3. The highest BCUT2D eigenvalue weighted by atomic mass is 16.1. The number of aryl methyl sites for hydroxylation is 2. The number of aromatic nitrogens is 2. The van der Waals surface area contributed by atoms with Gasteiger partial charge < -0.3 is 4.98 Å². The van der Waals surface area contributed by atoms with Gasteiger partial charge in [0.05, 0.1) is 5.56 Å². The summed E-state index contributed by atoms with van der Waals surface area (Å²) in [5.74, 6) is -0.0811. The Morgan fingerprint density at radius 2 is 1.86 bits per heavy atom. The maximum absolute atomic E-state index is 12.7. The Balaban J connectivity index is 2.23. The average molecular weight is 294 g/mol. The van der Waals surface area contributed by atoms with Gasteiger partial charge in [-0.15, -0.1) is 0 Å². The van der Waals surface area contributed by atoms with Crippen LogP contribution in [0, 0.1) is 6.92 Å². The van der Waals surface area contributed by atoms with Crippen LogP contribution in [-0.2, 0) is 6.42 Å². The van der Waals surface area contributed by atoms with Crippen molar-refractivity contribution in [1.29, 1.82) is 0 Å². The van der Waals surface area contributed by atoms with Gasteiger partial charge in [0, 0.05) is 23.0 Å². The molecule has 0 spiro atoms. The number of ketones is 1. The third-order valence-electron chi connectivity index (χ3n) is 3.91. The summed E-state index contributed by atoms with van der Waals surface area (Å²) in [7, 11) is 0. The molecule has 4 nitrogen and oxygen atoms in total. The van der Waals surface area contributed by atoms with E-state index in [2.05, 4.69) is 11.9 Å². The van der Waals surface area contributed by atoms with Crippen LogP contribution in [0.5, 0.6) is 0 Å². The second-order valence-corrected chi connectivity index (χ2v) is 5.40. The van der Waals surface area contributed by atoms with E-state index in [1.165, 1.54) is 6.07 Å². The van der Waals surface area contributed by atoms with E-state index in [4.69, 9.17) is 0 Å². The first-order chi connectivity index (χ1) is 10.6. The number of nitrogens with zero attached hydrogens (tertiary/aromatic N) is 1. The summed E-state index contributed by atoms with van der Waals surface area (Å²) in [6, 6.07) is 12.2. The van der Waals surface area contributed by atoms with Crippen molar-refractivity contribution >= 4 is 11.4 Å². The Kier molecular flexibility index (Phi) is 3.67. The molecule has 0 saturated heterocycles. The minimum absolute atomic E-state index is 0.0811. The van der Waals surface area contributed by atoms with E-state index in [-0.39, 0.29) is 11.3 Å². The Morgan fingerprint density at radius 3 is 2.55 bits per heavy atom. The topological polar surface area (TPSA) is 54.3 Å². The van der Waals surface area contributed by atoms with Gasteiger partial charge in [-0.2, -0.15) is 0 Å². The molecule has 1 N–H and O–H groups in total. The van der Waals surface area contributed by atoms with Gasteiger partial charge in [-0.25, -0.2) is 0 Å². The first-order valence-electron chi connectivity index (χ1n) is 7.46. The zero-order valence-electron chi connectivity index (χ0n) is 12.7. The van der Waals surface area contributed by atoms with Crippen LogP contribution < -0.4 is 5.56 Å². The van der Waals surface area contributed by atoms with Crippen molar-refractivity contribution in [2.24, 2.45) is 0 Å². The van der Waals surface area contributed by atoms with Crippen molar-refractivity contribution in [1.82, 2.24) is 9.38 Å². The molecule has 0 aliphatic rings. The van der Waals surface area contributed by atoms with Crippen LogP contribution in [-0.4, -0.2) is 15.2 Å². The molecule has 0 saturated carbocycles. The molecule has 0 unspecified atom stereocenters. The van der Waals surface area contributed by atoms with Crippen molar-refractivity contribution in [3.63, 3.8) is 0 Å². The fourth-order valence-corrected chi connectivity index (χ4v) is 2.78. The third-order valence-corrected chi connectivity index (χ3v) is 3.91. The lowest BCUT2D eigenvalue weighted by Gasteiger charge is -2.03. The molecule has 1 aromatic carbocycles. The normalized spacial score (nSPS) is 11.0. The largest absolute Gasteiger partial charge is 0.343 e. The van der Waals surface area contributed by atoms with Crippen molar-refractivity contribution in [3.8, 4) is 0 Å². The van der Waals surface area contributed by atoms with Crippen LogP contribution in [0.3, 0.4) is 0 Å². The van der Waals surface area contributed by atoms with Gasteiger partial charge in [-0.3, -0.25) is 14.0 Å². The molecule has 4 heteroatoms. The molecule has 0 bridgehead atoms. The second kappa shape index (κ2) is 5.64. The molecule has 3 aromatic rings. The summed E-state index contributed by atoms with van der Waals surface area (Å²) < 4.78 is 1.60. The molecule has 22 heavy (non-hydrogen) atoms. The summed E-state index contributed by atoms with van der Waals surface area (Å²) in [6.07, 6.45) is 1.83. The fraction of sp³-hybridized carbons (Fsp3) is 0.222. The van der Waals surface area contributed by atoms with Crippen molar-refractivity contribution < 1.29 is 4.79 Å². The highest BCUT2D eigenvalue weighted by molar-refractivity contribution is 6.12. The lowest BCUT2D eigenvalue weighted by Crippen LogP contribution is -2.15. The molecule has 2 heterocycles. The maximum atomic E-state index is 12.7. The summed E-state index contributed by atoms with van der Waals surface area (Å²) in [4.78, 5) is 28.1. The number of benzene rings is 1. The van der Waals surface area contributed by atoms with Gasteiger partial charge in [-0.05, 0) is 19.4 Å². The van der Waals surface area contributed by atoms with Crippen LogP contribution in [0.2, 0.25) is 0 Å². The summed E-state index contributed by atoms with van der Waals surface area (Å²) in [5, 5.41) is 0. The summed E-state index contributed by atoms with van der Waals surface area (Å²) in [5.41, 5.74) is 3.50. The van der Waals surface area contributed by atoms with Gasteiger partial charge in [0.25, 0.3) is 5.56 Å². The number of hydrogen-bond donors (Lipinski definition) is 1. The molecule has 0 amide bonds. The zero-order valence-corrected chi connectivity index (χ0v) is 12.7. The third kappa shape index (κ3) is 2.26.